The van der Waals surface area contributed by atoms with E-state index in [-0.39, 0.29) is 5.41 Å². The lowest BCUT2D eigenvalue weighted by Crippen LogP contribution is -2.48. The molecule has 9 aromatic rings. The molecule has 6 atom stereocenters. The molecule has 1 aliphatic heterocycles. The van der Waals surface area contributed by atoms with Crippen molar-refractivity contribution >= 4 is 38.9 Å². The normalized spacial score (nSPS) is 22.8. The van der Waals surface area contributed by atoms with Crippen LogP contribution in [0, 0.1) is 29.6 Å². The minimum Gasteiger partial charge on any atom is -0.457 e. The van der Waals surface area contributed by atoms with Crippen LogP contribution in [-0.4, -0.2) is 4.57 Å². The maximum Gasteiger partial charge on any atom is 0.133 e. The lowest BCUT2D eigenvalue weighted by atomic mass is 9.52. The smallest absolute Gasteiger partial charge is 0.133 e. The van der Waals surface area contributed by atoms with E-state index in [1.165, 1.54) is 93.0 Å². The average Bonchev–Trinajstić information content (AvgIpc) is 3.75. The van der Waals surface area contributed by atoms with Crippen molar-refractivity contribution in [2.75, 3.05) is 4.90 Å². The Hall–Kier alpha value is -6.84. The van der Waals surface area contributed by atoms with Crippen LogP contribution in [0.5, 0.6) is 11.5 Å². The third-order valence-corrected chi connectivity index (χ3v) is 15.8. The molecule has 0 N–H and O–H groups in total. The van der Waals surface area contributed by atoms with Crippen molar-refractivity contribution in [1.82, 2.24) is 4.57 Å². The molecular weight excluding hydrogens is 765 g/mol. The van der Waals surface area contributed by atoms with E-state index in [1.807, 2.05) is 0 Å². The van der Waals surface area contributed by atoms with E-state index in [4.69, 9.17) is 4.74 Å². The van der Waals surface area contributed by atoms with Crippen LogP contribution < -0.4 is 9.64 Å². The summed E-state index contributed by atoms with van der Waals surface area (Å²) in [5.41, 5.74) is 14.6. The Kier molecular flexibility index (Phi) is 8.38. The van der Waals surface area contributed by atoms with E-state index in [0.717, 1.165) is 46.3 Å². The zero-order chi connectivity index (χ0) is 41.6. The van der Waals surface area contributed by atoms with Gasteiger partial charge in [-0.15, -0.1) is 0 Å². The molecule has 3 aliphatic carbocycles. The first-order valence-corrected chi connectivity index (χ1v) is 23.2. The Morgan fingerprint density at radius 3 is 1.84 bits per heavy atom. The Labute approximate surface area is 370 Å². The first-order chi connectivity index (χ1) is 31.2. The summed E-state index contributed by atoms with van der Waals surface area (Å²) >= 11 is 0. The maximum absolute atomic E-state index is 7.07. The summed E-state index contributed by atoms with van der Waals surface area (Å²) in [5.74, 6) is 5.83. The van der Waals surface area contributed by atoms with E-state index in [2.05, 4.69) is 211 Å². The largest absolute Gasteiger partial charge is 0.457 e. The number of benzene rings is 8. The molecule has 2 unspecified atom stereocenters. The SMILES string of the molecule is CC[C@H]1C[C@H]2C[C@@H]3C[C@@H](C1)C1(c4ccccc4Oc4cc(N(c5ccc(-c6ccccc6)cc5)c5ccc(-c6ccccc6-n6c7ccccc7c7ccccc76)cc5)ccc41)C32. The molecule has 3 nitrogen and oxygen atoms in total. The van der Waals surface area contributed by atoms with Gasteiger partial charge in [0.2, 0.25) is 0 Å². The van der Waals surface area contributed by atoms with Gasteiger partial charge in [-0.2, -0.15) is 0 Å². The minimum absolute atomic E-state index is 0.00772. The van der Waals surface area contributed by atoms with Gasteiger partial charge in [-0.1, -0.05) is 147 Å². The number of para-hydroxylation sites is 4. The number of nitrogens with zero attached hydrogens (tertiary/aromatic N) is 2. The van der Waals surface area contributed by atoms with Gasteiger partial charge >= 0.3 is 0 Å². The van der Waals surface area contributed by atoms with Crippen LogP contribution in [0.25, 0.3) is 49.7 Å². The van der Waals surface area contributed by atoms with Gasteiger partial charge in [0.15, 0.2) is 0 Å². The molecular formula is C60H50N2O. The Morgan fingerprint density at radius 2 is 1.10 bits per heavy atom. The summed E-state index contributed by atoms with van der Waals surface area (Å²) in [6, 6.07) is 71.6. The quantitative estimate of drug-likeness (QED) is 0.159. The summed E-state index contributed by atoms with van der Waals surface area (Å²) in [7, 11) is 0. The van der Waals surface area contributed by atoms with Crippen LogP contribution in [0.1, 0.15) is 50.2 Å². The van der Waals surface area contributed by atoms with Gasteiger partial charge < -0.3 is 14.2 Å². The van der Waals surface area contributed by atoms with E-state index in [1.54, 1.807) is 0 Å². The fourth-order valence-electron chi connectivity index (χ4n) is 13.3. The number of hydrogen-bond acceptors (Lipinski definition) is 2. The highest BCUT2D eigenvalue weighted by atomic mass is 16.5. The zero-order valence-corrected chi connectivity index (χ0v) is 35.7. The molecule has 3 heteroatoms. The molecule has 2 heterocycles. The van der Waals surface area contributed by atoms with Crippen LogP contribution in [0.3, 0.4) is 0 Å². The molecule has 3 fully saturated rings. The molecule has 4 aliphatic rings. The number of rotatable bonds is 7. The van der Waals surface area contributed by atoms with Gasteiger partial charge in [0.1, 0.15) is 11.5 Å². The van der Waals surface area contributed by atoms with Crippen molar-refractivity contribution < 1.29 is 4.74 Å². The molecule has 8 aromatic carbocycles. The zero-order valence-electron chi connectivity index (χ0n) is 35.7. The molecule has 0 amide bonds. The molecule has 3 saturated carbocycles. The molecule has 1 aromatic heterocycles. The number of hydrogen-bond donors (Lipinski definition) is 0. The summed E-state index contributed by atoms with van der Waals surface area (Å²) in [6.45, 7) is 2.42. The van der Waals surface area contributed by atoms with Crippen LogP contribution in [0.15, 0.2) is 194 Å². The van der Waals surface area contributed by atoms with Crippen LogP contribution in [-0.2, 0) is 5.41 Å². The van der Waals surface area contributed by atoms with Gasteiger partial charge in [0, 0.05) is 56.0 Å². The Bertz CT molecular complexity index is 3130. The van der Waals surface area contributed by atoms with Crippen LogP contribution in [0.4, 0.5) is 17.1 Å². The molecule has 13 rings (SSSR count). The molecule has 63 heavy (non-hydrogen) atoms. The standard InChI is InChI=1S/C60H50N2O/c1-2-39-34-43-36-44-37-45(35-39)60(59(43)44)52-19-9-13-23-57(52)63-58-38-48(32-33-53(58)60)61(46-28-24-41(25-29-46)40-14-4-3-5-15-40)47-30-26-42(27-31-47)49-16-6-10-20-54(49)62-55-21-11-7-17-50(55)51-18-8-12-22-56(51)62/h3-33,38-39,43-45,59H,2,34-37H2,1H3/t39-,43-,44+,45+,59?,60?/m0/s1. The Morgan fingerprint density at radius 1 is 0.508 bits per heavy atom. The number of fused-ring (bicyclic) bond motifs is 5. The maximum atomic E-state index is 7.07. The van der Waals surface area contributed by atoms with Crippen molar-refractivity contribution in [2.45, 2.75) is 44.4 Å². The topological polar surface area (TPSA) is 17.4 Å². The van der Waals surface area contributed by atoms with Crippen molar-refractivity contribution in [2.24, 2.45) is 29.6 Å². The van der Waals surface area contributed by atoms with E-state index < -0.39 is 0 Å². The molecule has 2 bridgehead atoms. The average molecular weight is 815 g/mol. The van der Waals surface area contributed by atoms with Crippen molar-refractivity contribution in [3.8, 4) is 39.4 Å². The molecule has 1 spiro atoms. The second-order valence-electron chi connectivity index (χ2n) is 18.8. The Balaban J connectivity index is 0.941. The summed E-state index contributed by atoms with van der Waals surface area (Å²) in [4.78, 5) is 2.42. The highest BCUT2D eigenvalue weighted by molar-refractivity contribution is 6.09. The number of aromatic nitrogens is 1. The lowest BCUT2D eigenvalue weighted by molar-refractivity contribution is 0.0474. The van der Waals surface area contributed by atoms with E-state index in [9.17, 15) is 0 Å². The van der Waals surface area contributed by atoms with Gasteiger partial charge in [-0.25, -0.2) is 0 Å². The highest BCUT2D eigenvalue weighted by Gasteiger charge is 2.67. The predicted molar refractivity (Wildman–Crippen MR) is 260 cm³/mol. The lowest BCUT2D eigenvalue weighted by Gasteiger charge is -2.52. The summed E-state index contributed by atoms with van der Waals surface area (Å²) in [6.07, 6.45) is 6.74. The molecule has 0 saturated heterocycles. The first-order valence-electron chi connectivity index (χ1n) is 23.2. The second-order valence-corrected chi connectivity index (χ2v) is 18.8. The van der Waals surface area contributed by atoms with E-state index >= 15 is 0 Å². The van der Waals surface area contributed by atoms with Gasteiger partial charge in [0.25, 0.3) is 0 Å². The van der Waals surface area contributed by atoms with Gasteiger partial charge in [-0.05, 0) is 127 Å². The molecule has 306 valence electrons. The number of ether oxygens (including phenoxy) is 1. The first kappa shape index (κ1) is 36.8. The highest BCUT2D eigenvalue weighted by Crippen LogP contribution is 2.73. The predicted octanol–water partition coefficient (Wildman–Crippen LogP) is 16.1. The number of anilines is 3. The third-order valence-electron chi connectivity index (χ3n) is 15.8. The fourth-order valence-corrected chi connectivity index (χ4v) is 13.3. The van der Waals surface area contributed by atoms with Crippen molar-refractivity contribution in [3.63, 3.8) is 0 Å². The van der Waals surface area contributed by atoms with Crippen molar-refractivity contribution in [1.29, 1.82) is 0 Å². The monoisotopic (exact) mass is 814 g/mol. The van der Waals surface area contributed by atoms with Crippen LogP contribution in [0.2, 0.25) is 0 Å². The fraction of sp³-hybridized carbons (Fsp3) is 0.200. The molecule has 0 radical (unpaired) electrons. The van der Waals surface area contributed by atoms with Gasteiger partial charge in [-0.3, -0.25) is 0 Å². The summed E-state index contributed by atoms with van der Waals surface area (Å²) < 4.78 is 9.50. The minimum atomic E-state index is 0.00772. The third kappa shape index (κ3) is 5.51. The van der Waals surface area contributed by atoms with E-state index in [0.29, 0.717) is 11.8 Å². The second kappa shape index (κ2) is 14.4. The summed E-state index contributed by atoms with van der Waals surface area (Å²) in [5, 5.41) is 2.54. The van der Waals surface area contributed by atoms with Gasteiger partial charge in [0.05, 0.1) is 16.7 Å². The van der Waals surface area contributed by atoms with Crippen LogP contribution >= 0.6 is 0 Å². The van der Waals surface area contributed by atoms with Crippen molar-refractivity contribution in [3.05, 3.63) is 205 Å².